The minimum atomic E-state index is -0.177. The number of aromatic nitrogens is 2. The number of anilines is 1. The second kappa shape index (κ2) is 5.93. The minimum absolute atomic E-state index is 0.177. The average Bonchev–Trinajstić information content (AvgIpc) is 2.98. The van der Waals surface area contributed by atoms with Gasteiger partial charge < -0.3 is 9.80 Å². The molecule has 1 atom stereocenters. The highest BCUT2D eigenvalue weighted by molar-refractivity contribution is 5.66. The molecule has 1 aromatic carbocycles. The van der Waals surface area contributed by atoms with Gasteiger partial charge >= 0.3 is 0 Å². The lowest BCUT2D eigenvalue weighted by Gasteiger charge is -2.23. The molecule has 22 heavy (non-hydrogen) atoms. The Balaban J connectivity index is 1.84. The predicted molar refractivity (Wildman–Crippen MR) is 89.3 cm³/mol. The Kier molecular flexibility index (Phi) is 3.98. The average molecular weight is 298 g/mol. The summed E-state index contributed by atoms with van der Waals surface area (Å²) in [6.45, 7) is 4.30. The molecule has 0 spiro atoms. The van der Waals surface area contributed by atoms with Gasteiger partial charge in [0.15, 0.2) is 0 Å². The topological polar surface area (TPSA) is 52.2 Å². The lowest BCUT2D eigenvalue weighted by Crippen LogP contribution is -2.31. The highest BCUT2D eigenvalue weighted by atomic mass is 16.1. The molecule has 0 saturated carbocycles. The Labute approximate surface area is 130 Å². The van der Waals surface area contributed by atoms with Crippen molar-refractivity contribution < 1.29 is 0 Å². The van der Waals surface area contributed by atoms with E-state index in [1.807, 2.05) is 0 Å². The third-order valence-corrected chi connectivity index (χ3v) is 4.41. The summed E-state index contributed by atoms with van der Waals surface area (Å²) in [5.74, 6) is 0. The van der Waals surface area contributed by atoms with Crippen molar-refractivity contribution in [3.8, 4) is 11.3 Å². The van der Waals surface area contributed by atoms with Gasteiger partial charge in [-0.05, 0) is 51.2 Å². The zero-order valence-electron chi connectivity index (χ0n) is 13.3. The maximum atomic E-state index is 11.1. The highest BCUT2D eigenvalue weighted by Gasteiger charge is 2.24. The van der Waals surface area contributed by atoms with E-state index in [1.54, 1.807) is 6.07 Å². The zero-order chi connectivity index (χ0) is 15.7. The van der Waals surface area contributed by atoms with E-state index in [0.717, 1.165) is 24.3 Å². The first-order valence-electron chi connectivity index (χ1n) is 7.63. The van der Waals surface area contributed by atoms with Crippen LogP contribution in [0.15, 0.2) is 35.1 Å². The standard InChI is InChI=1S/C17H22N4O/c1-12-10-13(15-5-7-17(22)19-18-15)4-6-16(12)21-9-8-14(11-21)20(2)3/h4-7,10,14H,8-9,11H2,1-3H3,(H,19,22)/t14-/m0/s1. The van der Waals surface area contributed by atoms with Crippen LogP contribution in [0.2, 0.25) is 0 Å². The third-order valence-electron chi connectivity index (χ3n) is 4.41. The summed E-state index contributed by atoms with van der Waals surface area (Å²) in [5, 5.41) is 6.58. The van der Waals surface area contributed by atoms with Gasteiger partial charge in [-0.2, -0.15) is 5.10 Å². The van der Waals surface area contributed by atoms with E-state index in [9.17, 15) is 4.79 Å². The lowest BCUT2D eigenvalue weighted by molar-refractivity contribution is 0.315. The van der Waals surface area contributed by atoms with Crippen molar-refractivity contribution in [2.45, 2.75) is 19.4 Å². The molecule has 0 radical (unpaired) electrons. The van der Waals surface area contributed by atoms with E-state index in [0.29, 0.717) is 6.04 Å². The fourth-order valence-corrected chi connectivity index (χ4v) is 3.06. The number of nitrogens with zero attached hydrogens (tertiary/aromatic N) is 3. The summed E-state index contributed by atoms with van der Waals surface area (Å²) in [6, 6.07) is 10.3. The van der Waals surface area contributed by atoms with Gasteiger partial charge in [0.2, 0.25) is 0 Å². The van der Waals surface area contributed by atoms with Crippen molar-refractivity contribution in [3.05, 3.63) is 46.2 Å². The summed E-state index contributed by atoms with van der Waals surface area (Å²) in [7, 11) is 4.29. The number of rotatable bonds is 3. The Hall–Kier alpha value is -2.14. The molecule has 2 aromatic rings. The van der Waals surface area contributed by atoms with Crippen LogP contribution in [0, 0.1) is 6.92 Å². The number of likely N-dealkylation sites (N-methyl/N-ethyl adjacent to an activating group) is 1. The molecule has 1 N–H and O–H groups in total. The van der Waals surface area contributed by atoms with Crippen LogP contribution in [0.1, 0.15) is 12.0 Å². The fourth-order valence-electron chi connectivity index (χ4n) is 3.06. The number of aromatic amines is 1. The summed E-state index contributed by atoms with van der Waals surface area (Å²) in [6.07, 6.45) is 1.20. The molecule has 116 valence electrons. The van der Waals surface area contributed by atoms with E-state index >= 15 is 0 Å². The van der Waals surface area contributed by atoms with Crippen molar-refractivity contribution in [3.63, 3.8) is 0 Å². The van der Waals surface area contributed by atoms with Crippen LogP contribution in [0.5, 0.6) is 0 Å². The van der Waals surface area contributed by atoms with Crippen molar-refractivity contribution >= 4 is 5.69 Å². The number of hydrogen-bond donors (Lipinski definition) is 1. The first-order valence-corrected chi connectivity index (χ1v) is 7.63. The zero-order valence-corrected chi connectivity index (χ0v) is 13.3. The predicted octanol–water partition coefficient (Wildman–Crippen LogP) is 1.89. The highest BCUT2D eigenvalue weighted by Crippen LogP contribution is 2.28. The Morgan fingerprint density at radius 3 is 2.68 bits per heavy atom. The smallest absolute Gasteiger partial charge is 0.264 e. The van der Waals surface area contributed by atoms with Crippen molar-refractivity contribution in [1.82, 2.24) is 15.1 Å². The third kappa shape index (κ3) is 2.90. The van der Waals surface area contributed by atoms with Crippen LogP contribution in [0.4, 0.5) is 5.69 Å². The van der Waals surface area contributed by atoms with Gasteiger partial charge in [0, 0.05) is 36.4 Å². The van der Waals surface area contributed by atoms with E-state index in [1.165, 1.54) is 23.7 Å². The van der Waals surface area contributed by atoms with Gasteiger partial charge in [-0.3, -0.25) is 4.79 Å². The van der Waals surface area contributed by atoms with Gasteiger partial charge in [0.1, 0.15) is 0 Å². The summed E-state index contributed by atoms with van der Waals surface area (Å²) < 4.78 is 0. The largest absolute Gasteiger partial charge is 0.370 e. The molecular formula is C17H22N4O. The molecule has 1 fully saturated rings. The molecule has 1 aliphatic heterocycles. The van der Waals surface area contributed by atoms with Crippen molar-refractivity contribution in [2.75, 3.05) is 32.1 Å². The van der Waals surface area contributed by atoms with Gasteiger partial charge in [0.05, 0.1) is 5.69 Å². The van der Waals surface area contributed by atoms with Crippen LogP contribution in [0.3, 0.4) is 0 Å². The normalized spacial score (nSPS) is 18.2. The number of H-pyrrole nitrogens is 1. The maximum Gasteiger partial charge on any atom is 0.264 e. The molecule has 0 unspecified atom stereocenters. The fraction of sp³-hybridized carbons (Fsp3) is 0.412. The molecular weight excluding hydrogens is 276 g/mol. The lowest BCUT2D eigenvalue weighted by atomic mass is 10.1. The second-order valence-electron chi connectivity index (χ2n) is 6.16. The number of hydrogen-bond acceptors (Lipinski definition) is 4. The van der Waals surface area contributed by atoms with Crippen LogP contribution in [-0.2, 0) is 0 Å². The van der Waals surface area contributed by atoms with Gasteiger partial charge in [-0.25, -0.2) is 5.10 Å². The minimum Gasteiger partial charge on any atom is -0.370 e. The van der Waals surface area contributed by atoms with E-state index in [2.05, 4.69) is 59.2 Å². The van der Waals surface area contributed by atoms with Crippen LogP contribution < -0.4 is 10.5 Å². The van der Waals surface area contributed by atoms with Gasteiger partial charge in [0.25, 0.3) is 5.56 Å². The molecule has 1 aliphatic rings. The van der Waals surface area contributed by atoms with Gasteiger partial charge in [-0.1, -0.05) is 6.07 Å². The molecule has 1 saturated heterocycles. The van der Waals surface area contributed by atoms with E-state index < -0.39 is 0 Å². The first kappa shape index (κ1) is 14.8. The molecule has 0 amide bonds. The Morgan fingerprint density at radius 2 is 2.09 bits per heavy atom. The SMILES string of the molecule is Cc1cc(-c2ccc(=O)[nH]n2)ccc1N1CC[C@H](N(C)C)C1. The molecule has 5 nitrogen and oxygen atoms in total. The molecule has 1 aromatic heterocycles. The molecule has 5 heteroatoms. The molecule has 3 rings (SSSR count). The monoisotopic (exact) mass is 298 g/mol. The number of benzene rings is 1. The van der Waals surface area contributed by atoms with Crippen molar-refractivity contribution in [1.29, 1.82) is 0 Å². The van der Waals surface area contributed by atoms with Crippen LogP contribution in [0.25, 0.3) is 11.3 Å². The number of aryl methyl sites for hydroxylation is 1. The van der Waals surface area contributed by atoms with Crippen LogP contribution in [-0.4, -0.2) is 48.3 Å². The maximum absolute atomic E-state index is 11.1. The second-order valence-corrected chi connectivity index (χ2v) is 6.16. The Morgan fingerprint density at radius 1 is 1.27 bits per heavy atom. The molecule has 2 heterocycles. The van der Waals surface area contributed by atoms with E-state index in [-0.39, 0.29) is 5.56 Å². The summed E-state index contributed by atoms with van der Waals surface area (Å²) in [5.41, 5.74) is 4.18. The first-order chi connectivity index (χ1) is 10.5. The van der Waals surface area contributed by atoms with Crippen molar-refractivity contribution in [2.24, 2.45) is 0 Å². The van der Waals surface area contributed by atoms with E-state index in [4.69, 9.17) is 0 Å². The number of nitrogens with one attached hydrogen (secondary N) is 1. The quantitative estimate of drug-likeness (QED) is 0.940. The molecule has 0 aliphatic carbocycles. The summed E-state index contributed by atoms with van der Waals surface area (Å²) in [4.78, 5) is 15.9. The Bertz CT molecular complexity index is 702. The summed E-state index contributed by atoms with van der Waals surface area (Å²) >= 11 is 0. The van der Waals surface area contributed by atoms with Gasteiger partial charge in [-0.15, -0.1) is 0 Å². The molecule has 0 bridgehead atoms. The van der Waals surface area contributed by atoms with Crippen LogP contribution >= 0.6 is 0 Å².